The van der Waals surface area contributed by atoms with Gasteiger partial charge in [-0.05, 0) is 19.1 Å². The molecule has 9 nitrogen and oxygen atoms in total. The van der Waals surface area contributed by atoms with Crippen molar-refractivity contribution in [3.05, 3.63) is 67.6 Å². The van der Waals surface area contributed by atoms with Crippen molar-refractivity contribution in [2.24, 2.45) is 0 Å². The molecule has 9 heteroatoms. The molecule has 2 rings (SSSR count). The maximum Gasteiger partial charge on any atom is 0.279 e. The van der Waals surface area contributed by atoms with Crippen molar-refractivity contribution in [3.63, 3.8) is 0 Å². The van der Waals surface area contributed by atoms with Crippen molar-refractivity contribution in [3.8, 4) is 0 Å². The quantitative estimate of drug-likeness (QED) is 0.666. The monoisotopic (exact) mass is 305 g/mol. The van der Waals surface area contributed by atoms with E-state index in [9.17, 15) is 25.0 Å². The predicted molar refractivity (Wildman–Crippen MR) is 74.4 cm³/mol. The third-order valence-electron chi connectivity index (χ3n) is 3.02. The van der Waals surface area contributed by atoms with Crippen LogP contribution < -0.4 is 5.32 Å². The third kappa shape index (κ3) is 3.08. The lowest BCUT2D eigenvalue weighted by molar-refractivity contribution is -0.394. The molecule has 0 saturated carbocycles. The zero-order valence-electron chi connectivity index (χ0n) is 11.4. The van der Waals surface area contributed by atoms with Gasteiger partial charge in [0.25, 0.3) is 17.3 Å². The molecular weight excluding hydrogens is 294 g/mol. The van der Waals surface area contributed by atoms with Gasteiger partial charge in [0.1, 0.15) is 5.76 Å². The Morgan fingerprint density at radius 3 is 2.55 bits per heavy atom. The fourth-order valence-corrected chi connectivity index (χ4v) is 1.89. The molecule has 0 aliphatic carbocycles. The Kier molecular flexibility index (Phi) is 4.16. The minimum atomic E-state index is -0.782. The van der Waals surface area contributed by atoms with Crippen LogP contribution in [0.25, 0.3) is 0 Å². The predicted octanol–water partition coefficient (Wildman–Crippen LogP) is 2.33. The number of furan rings is 1. The fraction of sp³-hybridized carbons (Fsp3) is 0.154. The summed E-state index contributed by atoms with van der Waals surface area (Å²) in [5.41, 5.74) is -1.04. The normalized spacial score (nSPS) is 10.2. The van der Waals surface area contributed by atoms with E-state index in [0.29, 0.717) is 5.76 Å². The van der Waals surface area contributed by atoms with Gasteiger partial charge >= 0.3 is 0 Å². The molecule has 114 valence electrons. The molecule has 1 heterocycles. The summed E-state index contributed by atoms with van der Waals surface area (Å²) in [6.45, 7) is 1.44. The van der Waals surface area contributed by atoms with Crippen LogP contribution in [0, 0.1) is 27.2 Å². The van der Waals surface area contributed by atoms with Crippen LogP contribution in [0.15, 0.2) is 34.9 Å². The van der Waals surface area contributed by atoms with Crippen LogP contribution in [0.2, 0.25) is 0 Å². The molecule has 0 aliphatic rings. The number of hydrogen-bond acceptors (Lipinski definition) is 6. The summed E-state index contributed by atoms with van der Waals surface area (Å²) in [4.78, 5) is 32.4. The van der Waals surface area contributed by atoms with Crippen molar-refractivity contribution in [1.29, 1.82) is 0 Å². The highest BCUT2D eigenvalue weighted by molar-refractivity contribution is 5.97. The first kappa shape index (κ1) is 15.2. The van der Waals surface area contributed by atoms with E-state index >= 15 is 0 Å². The highest BCUT2D eigenvalue weighted by Gasteiger charge is 2.24. The van der Waals surface area contributed by atoms with Crippen molar-refractivity contribution < 1.29 is 19.1 Å². The van der Waals surface area contributed by atoms with Crippen LogP contribution in [0.5, 0.6) is 0 Å². The number of nitrogens with zero attached hydrogens (tertiary/aromatic N) is 2. The molecule has 22 heavy (non-hydrogen) atoms. The number of carbonyl (C=O) groups is 1. The Morgan fingerprint density at radius 1 is 1.27 bits per heavy atom. The van der Waals surface area contributed by atoms with Crippen LogP contribution in [0.3, 0.4) is 0 Å². The average molecular weight is 305 g/mol. The van der Waals surface area contributed by atoms with E-state index in [4.69, 9.17) is 4.42 Å². The maximum absolute atomic E-state index is 12.1. The molecule has 0 aliphatic heterocycles. The van der Waals surface area contributed by atoms with Crippen LogP contribution in [0.1, 0.15) is 21.7 Å². The van der Waals surface area contributed by atoms with Gasteiger partial charge in [-0.3, -0.25) is 25.0 Å². The molecule has 1 amide bonds. The van der Waals surface area contributed by atoms with E-state index in [2.05, 4.69) is 5.32 Å². The topological polar surface area (TPSA) is 129 Å². The van der Waals surface area contributed by atoms with E-state index in [1.54, 1.807) is 12.1 Å². The largest absolute Gasteiger partial charge is 0.467 e. The van der Waals surface area contributed by atoms with E-state index in [0.717, 1.165) is 12.1 Å². The number of hydrogen-bond donors (Lipinski definition) is 1. The van der Waals surface area contributed by atoms with E-state index in [1.807, 2.05) is 0 Å². The van der Waals surface area contributed by atoms with Gasteiger partial charge in [0.15, 0.2) is 0 Å². The standard InChI is InChI=1S/C13H11N3O6/c1-8-11(13(17)14-7-10-3-2-4-22-10)5-9(15(18)19)6-12(8)16(20)21/h2-6H,7H2,1H3,(H,14,17). The van der Waals surface area contributed by atoms with Gasteiger partial charge in [-0.25, -0.2) is 0 Å². The van der Waals surface area contributed by atoms with Crippen molar-refractivity contribution in [2.45, 2.75) is 13.5 Å². The Hall–Kier alpha value is -3.23. The van der Waals surface area contributed by atoms with Gasteiger partial charge < -0.3 is 9.73 Å². The van der Waals surface area contributed by atoms with Gasteiger partial charge in [-0.2, -0.15) is 0 Å². The Bertz CT molecular complexity index is 738. The number of rotatable bonds is 5. The molecule has 1 aromatic heterocycles. The minimum absolute atomic E-state index is 0.0625. The first-order valence-corrected chi connectivity index (χ1v) is 6.14. The zero-order valence-corrected chi connectivity index (χ0v) is 11.4. The van der Waals surface area contributed by atoms with Crippen molar-refractivity contribution >= 4 is 17.3 Å². The van der Waals surface area contributed by atoms with Gasteiger partial charge in [0.2, 0.25) is 0 Å². The molecule has 0 radical (unpaired) electrons. The summed E-state index contributed by atoms with van der Waals surface area (Å²) >= 11 is 0. The Morgan fingerprint density at radius 2 is 2.00 bits per heavy atom. The summed E-state index contributed by atoms with van der Waals surface area (Å²) < 4.78 is 5.04. The zero-order chi connectivity index (χ0) is 16.3. The first-order valence-electron chi connectivity index (χ1n) is 6.14. The van der Waals surface area contributed by atoms with Gasteiger partial charge in [-0.15, -0.1) is 0 Å². The van der Waals surface area contributed by atoms with E-state index < -0.39 is 27.1 Å². The molecule has 0 saturated heterocycles. The molecular formula is C13H11N3O6. The SMILES string of the molecule is Cc1c(C(=O)NCc2ccco2)cc([N+](=O)[O-])cc1[N+](=O)[O-]. The molecule has 0 fully saturated rings. The summed E-state index contributed by atoms with van der Waals surface area (Å²) in [5, 5.41) is 24.3. The lowest BCUT2D eigenvalue weighted by Gasteiger charge is -2.07. The second-order valence-electron chi connectivity index (χ2n) is 4.41. The summed E-state index contributed by atoms with van der Waals surface area (Å²) in [5.74, 6) is -0.161. The lowest BCUT2D eigenvalue weighted by atomic mass is 10.0. The molecule has 0 bridgehead atoms. The van der Waals surface area contributed by atoms with E-state index in [-0.39, 0.29) is 17.7 Å². The lowest BCUT2D eigenvalue weighted by Crippen LogP contribution is -2.23. The molecule has 1 N–H and O–H groups in total. The van der Waals surface area contributed by atoms with E-state index in [1.165, 1.54) is 13.2 Å². The van der Waals surface area contributed by atoms with Crippen molar-refractivity contribution in [1.82, 2.24) is 5.32 Å². The fourth-order valence-electron chi connectivity index (χ4n) is 1.89. The Balaban J connectivity index is 2.33. The van der Waals surface area contributed by atoms with Gasteiger partial charge in [-0.1, -0.05) is 0 Å². The number of nitro benzene ring substituents is 2. The smallest absolute Gasteiger partial charge is 0.279 e. The Labute approximate surface area is 123 Å². The summed E-state index contributed by atoms with van der Waals surface area (Å²) in [6, 6.07) is 5.13. The molecule has 2 aromatic rings. The summed E-state index contributed by atoms with van der Waals surface area (Å²) in [6.07, 6.45) is 1.44. The first-order chi connectivity index (χ1) is 10.4. The minimum Gasteiger partial charge on any atom is -0.467 e. The van der Waals surface area contributed by atoms with Crippen LogP contribution >= 0.6 is 0 Å². The molecule has 0 unspecified atom stereocenters. The van der Waals surface area contributed by atoms with Gasteiger partial charge in [0, 0.05) is 11.6 Å². The second kappa shape index (κ2) is 6.04. The van der Waals surface area contributed by atoms with Crippen molar-refractivity contribution in [2.75, 3.05) is 0 Å². The second-order valence-corrected chi connectivity index (χ2v) is 4.41. The number of carbonyl (C=O) groups excluding carboxylic acids is 1. The average Bonchev–Trinajstić information content (AvgIpc) is 2.97. The number of benzene rings is 1. The number of amides is 1. The summed E-state index contributed by atoms with van der Waals surface area (Å²) in [7, 11) is 0. The maximum atomic E-state index is 12.1. The molecule has 1 aromatic carbocycles. The molecule has 0 spiro atoms. The number of nitrogens with one attached hydrogen (secondary N) is 1. The van der Waals surface area contributed by atoms with Crippen LogP contribution in [-0.2, 0) is 6.54 Å². The van der Waals surface area contributed by atoms with Crippen LogP contribution in [-0.4, -0.2) is 15.8 Å². The highest BCUT2D eigenvalue weighted by Crippen LogP contribution is 2.28. The molecule has 0 atom stereocenters. The highest BCUT2D eigenvalue weighted by atomic mass is 16.6. The van der Waals surface area contributed by atoms with Gasteiger partial charge in [0.05, 0.1) is 34.3 Å². The number of non-ortho nitro benzene ring substituents is 1. The third-order valence-corrected chi connectivity index (χ3v) is 3.02. The number of nitro groups is 2. The van der Waals surface area contributed by atoms with Crippen LogP contribution in [0.4, 0.5) is 11.4 Å².